The summed E-state index contributed by atoms with van der Waals surface area (Å²) in [6, 6.07) is 13.0. The van der Waals surface area contributed by atoms with Crippen molar-refractivity contribution >= 4 is 23.5 Å². The third kappa shape index (κ3) is 3.85. The summed E-state index contributed by atoms with van der Waals surface area (Å²) < 4.78 is 10.5. The summed E-state index contributed by atoms with van der Waals surface area (Å²) in [5.41, 5.74) is 2.17. The number of methoxy groups -OCH3 is 2. The second-order valence-corrected chi connectivity index (χ2v) is 4.57. The van der Waals surface area contributed by atoms with Gasteiger partial charge in [0.15, 0.2) is 11.5 Å². The highest BCUT2D eigenvalue weighted by Crippen LogP contribution is 2.32. The van der Waals surface area contributed by atoms with Gasteiger partial charge in [0.25, 0.3) is 0 Å². The Hall–Kier alpha value is -2.82. The van der Waals surface area contributed by atoms with Gasteiger partial charge in [-0.25, -0.2) is 0 Å². The van der Waals surface area contributed by atoms with Crippen molar-refractivity contribution in [3.63, 3.8) is 0 Å². The Morgan fingerprint density at radius 1 is 1.09 bits per heavy atom. The fourth-order valence-corrected chi connectivity index (χ4v) is 1.96. The molecule has 2 rings (SSSR count). The number of aliphatic imine (C=N–C) groups is 1. The molecule has 22 heavy (non-hydrogen) atoms. The monoisotopic (exact) mass is 298 g/mol. The Kier molecular flexibility index (Phi) is 5.14. The Morgan fingerprint density at radius 3 is 2.32 bits per heavy atom. The van der Waals surface area contributed by atoms with Crippen molar-refractivity contribution in [3.05, 3.63) is 48.0 Å². The van der Waals surface area contributed by atoms with Gasteiger partial charge in [-0.3, -0.25) is 9.79 Å². The Labute approximate surface area is 129 Å². The van der Waals surface area contributed by atoms with Crippen LogP contribution in [0.5, 0.6) is 11.5 Å². The lowest BCUT2D eigenvalue weighted by Crippen LogP contribution is -2.08. The number of nitrogens with one attached hydrogen (secondary N) is 1. The maximum Gasteiger partial charge on any atom is 0.221 e. The standard InChI is InChI=1S/C17H18N2O3/c1-12(20)19-15-10-17(22-3)16(21-2)9-13(15)11-18-14-7-5-4-6-8-14/h4-11H,1-3H3,(H,19,20). The van der Waals surface area contributed by atoms with Crippen LogP contribution in [0, 0.1) is 0 Å². The van der Waals surface area contributed by atoms with E-state index in [-0.39, 0.29) is 5.91 Å². The van der Waals surface area contributed by atoms with E-state index >= 15 is 0 Å². The van der Waals surface area contributed by atoms with E-state index < -0.39 is 0 Å². The van der Waals surface area contributed by atoms with Gasteiger partial charge in [-0.15, -0.1) is 0 Å². The fourth-order valence-electron chi connectivity index (χ4n) is 1.96. The molecule has 0 radical (unpaired) electrons. The third-order valence-corrected chi connectivity index (χ3v) is 2.98. The molecule has 0 aromatic heterocycles. The highest BCUT2D eigenvalue weighted by atomic mass is 16.5. The van der Waals surface area contributed by atoms with Crippen molar-refractivity contribution in [1.29, 1.82) is 0 Å². The van der Waals surface area contributed by atoms with E-state index in [4.69, 9.17) is 9.47 Å². The number of ether oxygens (including phenoxy) is 2. The summed E-state index contributed by atoms with van der Waals surface area (Å²) >= 11 is 0. The van der Waals surface area contributed by atoms with Gasteiger partial charge in [0.05, 0.1) is 25.6 Å². The molecule has 1 N–H and O–H groups in total. The number of anilines is 1. The largest absolute Gasteiger partial charge is 0.493 e. The molecule has 0 spiro atoms. The van der Waals surface area contributed by atoms with Crippen LogP contribution in [0.25, 0.3) is 0 Å². The first-order valence-electron chi connectivity index (χ1n) is 6.76. The average Bonchev–Trinajstić information content (AvgIpc) is 2.53. The lowest BCUT2D eigenvalue weighted by atomic mass is 10.1. The van der Waals surface area contributed by atoms with Crippen LogP contribution >= 0.6 is 0 Å². The summed E-state index contributed by atoms with van der Waals surface area (Å²) in [6.07, 6.45) is 1.68. The number of nitrogens with zero attached hydrogens (tertiary/aromatic N) is 1. The molecule has 0 heterocycles. The highest BCUT2D eigenvalue weighted by molar-refractivity contribution is 5.98. The molecule has 5 heteroatoms. The van der Waals surface area contributed by atoms with Crippen molar-refractivity contribution in [3.8, 4) is 11.5 Å². The molecule has 5 nitrogen and oxygen atoms in total. The summed E-state index contributed by atoms with van der Waals surface area (Å²) in [7, 11) is 3.11. The molecule has 114 valence electrons. The van der Waals surface area contributed by atoms with Crippen LogP contribution in [0.2, 0.25) is 0 Å². The lowest BCUT2D eigenvalue weighted by molar-refractivity contribution is -0.114. The molecular weight excluding hydrogens is 280 g/mol. The number of benzene rings is 2. The second kappa shape index (κ2) is 7.26. The second-order valence-electron chi connectivity index (χ2n) is 4.57. The van der Waals surface area contributed by atoms with E-state index in [2.05, 4.69) is 10.3 Å². The molecule has 0 saturated heterocycles. The number of para-hydroxylation sites is 1. The first-order valence-corrected chi connectivity index (χ1v) is 6.76. The van der Waals surface area contributed by atoms with Gasteiger partial charge in [0, 0.05) is 24.8 Å². The van der Waals surface area contributed by atoms with E-state index in [0.717, 1.165) is 11.3 Å². The third-order valence-electron chi connectivity index (χ3n) is 2.98. The van der Waals surface area contributed by atoms with Crippen molar-refractivity contribution < 1.29 is 14.3 Å². The van der Waals surface area contributed by atoms with E-state index in [0.29, 0.717) is 17.2 Å². The topological polar surface area (TPSA) is 59.9 Å². The first-order chi connectivity index (χ1) is 10.6. The normalized spacial score (nSPS) is 10.5. The van der Waals surface area contributed by atoms with Crippen molar-refractivity contribution in [2.75, 3.05) is 19.5 Å². The maximum absolute atomic E-state index is 11.4. The van der Waals surface area contributed by atoms with E-state index in [1.165, 1.54) is 6.92 Å². The van der Waals surface area contributed by atoms with Gasteiger partial charge in [0.2, 0.25) is 5.91 Å². The summed E-state index contributed by atoms with van der Waals surface area (Å²) in [6.45, 7) is 1.45. The van der Waals surface area contributed by atoms with Crippen LogP contribution in [0.15, 0.2) is 47.5 Å². The molecule has 0 unspecified atom stereocenters. The molecular formula is C17H18N2O3. The molecule has 0 aliphatic heterocycles. The van der Waals surface area contributed by atoms with Crippen LogP contribution in [-0.2, 0) is 4.79 Å². The van der Waals surface area contributed by atoms with Crippen molar-refractivity contribution in [1.82, 2.24) is 0 Å². The minimum Gasteiger partial charge on any atom is -0.493 e. The van der Waals surface area contributed by atoms with Crippen LogP contribution in [0.1, 0.15) is 12.5 Å². The van der Waals surface area contributed by atoms with Crippen LogP contribution in [-0.4, -0.2) is 26.3 Å². The zero-order valence-corrected chi connectivity index (χ0v) is 12.8. The van der Waals surface area contributed by atoms with E-state index in [9.17, 15) is 4.79 Å². The van der Waals surface area contributed by atoms with Crippen LogP contribution < -0.4 is 14.8 Å². The summed E-state index contributed by atoms with van der Waals surface area (Å²) in [5, 5.41) is 2.77. The number of rotatable bonds is 5. The lowest BCUT2D eigenvalue weighted by Gasteiger charge is -2.13. The number of carbonyl (C=O) groups is 1. The van der Waals surface area contributed by atoms with Crippen LogP contribution in [0.3, 0.4) is 0 Å². The molecule has 2 aromatic carbocycles. The quantitative estimate of drug-likeness (QED) is 0.860. The van der Waals surface area contributed by atoms with Gasteiger partial charge >= 0.3 is 0 Å². The first kappa shape index (κ1) is 15.6. The van der Waals surface area contributed by atoms with Gasteiger partial charge in [-0.1, -0.05) is 18.2 Å². The van der Waals surface area contributed by atoms with Crippen molar-refractivity contribution in [2.24, 2.45) is 4.99 Å². The minimum absolute atomic E-state index is 0.165. The number of carbonyl (C=O) groups excluding carboxylic acids is 1. The fraction of sp³-hybridized carbons (Fsp3) is 0.176. The van der Waals surface area contributed by atoms with E-state index in [1.807, 2.05) is 30.3 Å². The van der Waals surface area contributed by atoms with Crippen molar-refractivity contribution in [2.45, 2.75) is 6.92 Å². The minimum atomic E-state index is -0.165. The number of hydrogen-bond donors (Lipinski definition) is 1. The Bertz CT molecular complexity index is 682. The Balaban J connectivity index is 2.42. The molecule has 0 fully saturated rings. The van der Waals surface area contributed by atoms with Gasteiger partial charge in [-0.2, -0.15) is 0 Å². The SMILES string of the molecule is COc1cc(C=Nc2ccccc2)c(NC(C)=O)cc1OC. The molecule has 0 saturated carbocycles. The average molecular weight is 298 g/mol. The van der Waals surface area contributed by atoms with Gasteiger partial charge in [-0.05, 0) is 18.2 Å². The molecule has 1 amide bonds. The van der Waals surface area contributed by atoms with Gasteiger partial charge in [0.1, 0.15) is 0 Å². The number of hydrogen-bond acceptors (Lipinski definition) is 4. The summed E-state index contributed by atoms with van der Waals surface area (Å²) in [4.78, 5) is 15.8. The van der Waals surface area contributed by atoms with Gasteiger partial charge < -0.3 is 14.8 Å². The van der Waals surface area contributed by atoms with Crippen LogP contribution in [0.4, 0.5) is 11.4 Å². The predicted molar refractivity (Wildman–Crippen MR) is 87.5 cm³/mol. The summed E-state index contributed by atoms with van der Waals surface area (Å²) in [5.74, 6) is 0.954. The highest BCUT2D eigenvalue weighted by Gasteiger charge is 2.11. The maximum atomic E-state index is 11.4. The molecule has 2 aromatic rings. The zero-order chi connectivity index (χ0) is 15.9. The number of amides is 1. The molecule has 0 bridgehead atoms. The molecule has 0 aliphatic carbocycles. The molecule has 0 atom stereocenters. The van der Waals surface area contributed by atoms with E-state index in [1.54, 1.807) is 32.6 Å². The zero-order valence-electron chi connectivity index (χ0n) is 12.8. The Morgan fingerprint density at radius 2 is 1.73 bits per heavy atom. The predicted octanol–water partition coefficient (Wildman–Crippen LogP) is 3.41. The smallest absolute Gasteiger partial charge is 0.221 e. The molecule has 0 aliphatic rings.